The number of thioether (sulfide) groups is 1. The number of anilines is 1. The van der Waals surface area contributed by atoms with Crippen LogP contribution in [0.3, 0.4) is 0 Å². The molecular weight excluding hydrogens is 334 g/mol. The third kappa shape index (κ3) is 5.57. The minimum Gasteiger partial charge on any atom is -0.493 e. The number of hydrogen-bond donors (Lipinski definition) is 1. The van der Waals surface area contributed by atoms with E-state index in [1.165, 1.54) is 0 Å². The lowest BCUT2D eigenvalue weighted by molar-refractivity contribution is -0.116. The molecule has 1 N–H and O–H groups in total. The number of rotatable bonds is 9. The second kappa shape index (κ2) is 9.79. The van der Waals surface area contributed by atoms with Gasteiger partial charge in [0.2, 0.25) is 5.91 Å². The molecular formula is C20H23NO3S. The van der Waals surface area contributed by atoms with Crippen molar-refractivity contribution in [3.05, 3.63) is 60.7 Å². The van der Waals surface area contributed by atoms with Crippen LogP contribution in [-0.4, -0.2) is 25.9 Å². The lowest BCUT2D eigenvalue weighted by atomic mass is 10.1. The second-order valence-corrected chi connectivity index (χ2v) is 6.40. The predicted octanol–water partition coefficient (Wildman–Crippen LogP) is 4.55. The van der Waals surface area contributed by atoms with E-state index >= 15 is 0 Å². The van der Waals surface area contributed by atoms with Gasteiger partial charge in [0.15, 0.2) is 11.5 Å². The second-order valence-electron chi connectivity index (χ2n) is 5.33. The molecule has 2 aromatic carbocycles. The maximum absolute atomic E-state index is 12.3. The Balaban J connectivity index is 1.96. The van der Waals surface area contributed by atoms with Crippen LogP contribution in [0.1, 0.15) is 12.0 Å². The fraction of sp³-hybridized carbons (Fsp3) is 0.250. The molecule has 5 heteroatoms. The van der Waals surface area contributed by atoms with Crippen LogP contribution in [-0.2, 0) is 11.2 Å². The van der Waals surface area contributed by atoms with Crippen LogP contribution in [0.2, 0.25) is 0 Å². The van der Waals surface area contributed by atoms with Crippen LogP contribution in [0.5, 0.6) is 11.5 Å². The summed E-state index contributed by atoms with van der Waals surface area (Å²) in [6.07, 6.45) is 2.88. The van der Waals surface area contributed by atoms with Crippen molar-refractivity contribution >= 4 is 23.4 Å². The molecule has 0 aliphatic carbocycles. The molecule has 0 aliphatic rings. The summed E-state index contributed by atoms with van der Waals surface area (Å²) < 4.78 is 10.5. The van der Waals surface area contributed by atoms with Crippen molar-refractivity contribution in [2.24, 2.45) is 0 Å². The summed E-state index contributed by atoms with van der Waals surface area (Å²) in [6.45, 7) is 3.73. The number of benzene rings is 2. The van der Waals surface area contributed by atoms with E-state index in [9.17, 15) is 4.79 Å². The van der Waals surface area contributed by atoms with Gasteiger partial charge in [0, 0.05) is 17.1 Å². The van der Waals surface area contributed by atoms with Crippen molar-refractivity contribution in [2.75, 3.05) is 25.3 Å². The van der Waals surface area contributed by atoms with Crippen molar-refractivity contribution in [3.63, 3.8) is 0 Å². The Morgan fingerprint density at radius 3 is 2.64 bits per heavy atom. The molecule has 2 rings (SSSR count). The molecule has 0 aliphatic heterocycles. The average Bonchev–Trinajstić information content (AvgIpc) is 2.65. The van der Waals surface area contributed by atoms with Gasteiger partial charge in [0.1, 0.15) is 0 Å². The van der Waals surface area contributed by atoms with E-state index in [1.54, 1.807) is 26.0 Å². The number of aryl methyl sites for hydroxylation is 1. The molecule has 0 heterocycles. The highest BCUT2D eigenvalue weighted by molar-refractivity contribution is 7.99. The Bertz CT molecular complexity index is 731. The van der Waals surface area contributed by atoms with Crippen LogP contribution in [0, 0.1) is 0 Å². The third-order valence-electron chi connectivity index (χ3n) is 3.61. The summed E-state index contributed by atoms with van der Waals surface area (Å²) in [5.74, 6) is 2.15. The molecule has 0 spiro atoms. The molecule has 0 atom stereocenters. The highest BCUT2D eigenvalue weighted by Crippen LogP contribution is 2.29. The minimum atomic E-state index is -0.0126. The molecule has 25 heavy (non-hydrogen) atoms. The molecule has 132 valence electrons. The van der Waals surface area contributed by atoms with Crippen LogP contribution in [0.15, 0.2) is 60.0 Å². The number of carbonyl (C=O) groups excluding carboxylic acids is 1. The van der Waals surface area contributed by atoms with Crippen LogP contribution >= 0.6 is 11.8 Å². The van der Waals surface area contributed by atoms with Crippen molar-refractivity contribution in [2.45, 2.75) is 17.7 Å². The van der Waals surface area contributed by atoms with Crippen molar-refractivity contribution in [3.8, 4) is 11.5 Å². The highest BCUT2D eigenvalue weighted by atomic mass is 32.2. The molecule has 0 saturated carbocycles. The standard InChI is InChI=1S/C20H23NO3S/c1-4-13-25-19-8-6-5-7-16(19)21-20(22)12-10-15-9-11-17(23-2)18(14-15)24-3/h4-9,11,14H,1,10,12-13H2,2-3H3,(H,21,22). The molecule has 0 unspecified atom stereocenters. The van der Waals surface area contributed by atoms with E-state index in [2.05, 4.69) is 11.9 Å². The lowest BCUT2D eigenvalue weighted by Crippen LogP contribution is -2.13. The summed E-state index contributed by atoms with van der Waals surface area (Å²) in [4.78, 5) is 13.3. The smallest absolute Gasteiger partial charge is 0.224 e. The van der Waals surface area contributed by atoms with E-state index in [-0.39, 0.29) is 5.91 Å². The third-order valence-corrected chi connectivity index (χ3v) is 4.68. The van der Waals surface area contributed by atoms with E-state index in [4.69, 9.17) is 9.47 Å². The molecule has 1 amide bonds. The van der Waals surface area contributed by atoms with Gasteiger partial charge in [-0.05, 0) is 36.2 Å². The molecule has 0 radical (unpaired) electrons. The predicted molar refractivity (Wildman–Crippen MR) is 104 cm³/mol. The fourth-order valence-corrected chi connectivity index (χ4v) is 3.10. The molecule has 4 nitrogen and oxygen atoms in total. The summed E-state index contributed by atoms with van der Waals surface area (Å²) in [5, 5.41) is 2.99. The fourth-order valence-electron chi connectivity index (χ4n) is 2.35. The molecule has 0 fully saturated rings. The van der Waals surface area contributed by atoms with Crippen LogP contribution in [0.25, 0.3) is 0 Å². The number of ether oxygens (including phenoxy) is 2. The van der Waals surface area contributed by atoms with E-state index < -0.39 is 0 Å². The van der Waals surface area contributed by atoms with Gasteiger partial charge in [-0.3, -0.25) is 4.79 Å². The number of methoxy groups -OCH3 is 2. The van der Waals surface area contributed by atoms with Gasteiger partial charge in [-0.1, -0.05) is 24.3 Å². The van der Waals surface area contributed by atoms with Gasteiger partial charge < -0.3 is 14.8 Å². The van der Waals surface area contributed by atoms with Crippen molar-refractivity contribution in [1.82, 2.24) is 0 Å². The Morgan fingerprint density at radius 1 is 1.16 bits per heavy atom. The van der Waals surface area contributed by atoms with Gasteiger partial charge in [-0.2, -0.15) is 0 Å². The molecule has 0 aromatic heterocycles. The maximum atomic E-state index is 12.3. The largest absolute Gasteiger partial charge is 0.493 e. The van der Waals surface area contributed by atoms with Gasteiger partial charge in [0.25, 0.3) is 0 Å². The average molecular weight is 357 g/mol. The first kappa shape index (κ1) is 18.9. The zero-order valence-electron chi connectivity index (χ0n) is 14.6. The van der Waals surface area contributed by atoms with Crippen LogP contribution in [0.4, 0.5) is 5.69 Å². The summed E-state index contributed by atoms with van der Waals surface area (Å²) in [6, 6.07) is 13.5. The molecule has 2 aromatic rings. The van der Waals surface area contributed by atoms with Gasteiger partial charge >= 0.3 is 0 Å². The van der Waals surface area contributed by atoms with Crippen molar-refractivity contribution < 1.29 is 14.3 Å². The van der Waals surface area contributed by atoms with Gasteiger partial charge in [-0.25, -0.2) is 0 Å². The van der Waals surface area contributed by atoms with E-state index in [0.717, 1.165) is 21.9 Å². The lowest BCUT2D eigenvalue weighted by Gasteiger charge is -2.11. The molecule has 0 saturated heterocycles. The zero-order chi connectivity index (χ0) is 18.1. The highest BCUT2D eigenvalue weighted by Gasteiger charge is 2.09. The quantitative estimate of drug-likeness (QED) is 0.528. The Kier molecular flexibility index (Phi) is 7.41. The molecule has 0 bridgehead atoms. The topological polar surface area (TPSA) is 47.6 Å². The Hall–Kier alpha value is -2.40. The van der Waals surface area contributed by atoms with Gasteiger partial charge in [-0.15, -0.1) is 18.3 Å². The maximum Gasteiger partial charge on any atom is 0.224 e. The normalized spacial score (nSPS) is 10.2. The monoisotopic (exact) mass is 357 g/mol. The first-order chi connectivity index (χ1) is 12.2. The number of nitrogens with one attached hydrogen (secondary N) is 1. The summed E-state index contributed by atoms with van der Waals surface area (Å²) in [5.41, 5.74) is 1.87. The zero-order valence-corrected chi connectivity index (χ0v) is 15.4. The number of hydrogen-bond acceptors (Lipinski definition) is 4. The van der Waals surface area contributed by atoms with Crippen molar-refractivity contribution in [1.29, 1.82) is 0 Å². The summed E-state index contributed by atoms with van der Waals surface area (Å²) in [7, 11) is 3.21. The van der Waals surface area contributed by atoms with Gasteiger partial charge in [0.05, 0.1) is 19.9 Å². The van der Waals surface area contributed by atoms with Crippen LogP contribution < -0.4 is 14.8 Å². The first-order valence-electron chi connectivity index (χ1n) is 8.01. The Labute approximate surface area is 153 Å². The van der Waals surface area contributed by atoms with E-state index in [1.807, 2.05) is 48.5 Å². The first-order valence-corrected chi connectivity index (χ1v) is 9.00. The summed E-state index contributed by atoms with van der Waals surface area (Å²) >= 11 is 1.65. The number of carbonyl (C=O) groups is 1. The minimum absolute atomic E-state index is 0.0126. The number of para-hydroxylation sites is 1. The van der Waals surface area contributed by atoms with E-state index in [0.29, 0.717) is 24.3 Å². The SMILES string of the molecule is C=CCSc1ccccc1NC(=O)CCc1ccc(OC)c(OC)c1. The number of amides is 1. The Morgan fingerprint density at radius 2 is 1.92 bits per heavy atom.